The second kappa shape index (κ2) is 14.4. The van der Waals surface area contributed by atoms with E-state index >= 15 is 0 Å². The normalized spacial score (nSPS) is 12.6. The molecule has 0 radical (unpaired) electrons. The Labute approximate surface area is 90.1 Å². The molecule has 0 rings (SSSR count). The van der Waals surface area contributed by atoms with Crippen LogP contribution in [-0.4, -0.2) is 58.4 Å². The van der Waals surface area contributed by atoms with Crippen LogP contribution in [0.2, 0.25) is 0 Å². The average Bonchev–Trinajstić information content (AvgIpc) is 2.16. The number of hydrogen-bond acceptors (Lipinski definition) is 6. The van der Waals surface area contributed by atoms with Crippen molar-refractivity contribution in [3.63, 3.8) is 0 Å². The summed E-state index contributed by atoms with van der Waals surface area (Å²) in [5.74, 6) is 0. The van der Waals surface area contributed by atoms with Gasteiger partial charge in [-0.1, -0.05) is 0 Å². The molecule has 2 atom stereocenters. The molecular formula is C6H10O6Ti. The third-order valence-corrected chi connectivity index (χ3v) is 0.618. The predicted octanol–water partition coefficient (Wildman–Crippen LogP) is -3.10. The summed E-state index contributed by atoms with van der Waals surface area (Å²) in [6.07, 6.45) is -0.289. The zero-order valence-electron chi connectivity index (χ0n) is 6.67. The molecule has 0 aliphatic carbocycles. The maximum atomic E-state index is 9.20. The van der Waals surface area contributed by atoms with Gasteiger partial charge in [0.05, 0.1) is 0 Å². The van der Waals surface area contributed by atoms with Crippen LogP contribution in [-0.2, 0) is 31.3 Å². The predicted molar refractivity (Wildman–Crippen MR) is 37.6 cm³/mol. The summed E-state index contributed by atoms with van der Waals surface area (Å²) in [5.41, 5.74) is 0. The number of aliphatic hydroxyl groups is 4. The van der Waals surface area contributed by atoms with Crippen LogP contribution in [0.5, 0.6) is 0 Å². The van der Waals surface area contributed by atoms with Gasteiger partial charge in [0.2, 0.25) is 0 Å². The largest absolute Gasteiger partial charge is 2.00 e. The molecule has 74 valence electrons. The van der Waals surface area contributed by atoms with Gasteiger partial charge in [-0.15, -0.1) is 0 Å². The van der Waals surface area contributed by atoms with Gasteiger partial charge < -0.3 is 30.0 Å². The first-order valence-corrected chi connectivity index (χ1v) is 2.95. The van der Waals surface area contributed by atoms with Gasteiger partial charge >= 0.3 is 21.7 Å². The average molecular weight is 226 g/mol. The van der Waals surface area contributed by atoms with Gasteiger partial charge in [-0.05, 0) is 12.2 Å². The fraction of sp³-hybridized carbons (Fsp3) is 0.667. The molecule has 0 aliphatic heterocycles. The summed E-state index contributed by atoms with van der Waals surface area (Å²) < 4.78 is 0. The van der Waals surface area contributed by atoms with Crippen LogP contribution in [0.25, 0.3) is 0 Å². The first kappa shape index (κ1) is 18.6. The van der Waals surface area contributed by atoms with E-state index in [1.165, 1.54) is 12.6 Å². The Bertz CT molecular complexity index is 106. The van der Waals surface area contributed by atoms with Gasteiger partial charge in [0.25, 0.3) is 0 Å². The third-order valence-electron chi connectivity index (χ3n) is 0.618. The molecule has 0 aliphatic rings. The summed E-state index contributed by atoms with van der Waals surface area (Å²) in [6, 6.07) is 0. The number of carbonyl (C=O) groups excluding carboxylic acids is 2. The molecule has 13 heavy (non-hydrogen) atoms. The minimum Gasteiger partial charge on any atom is -0.539 e. The molecule has 0 aromatic carbocycles. The van der Waals surface area contributed by atoms with Gasteiger partial charge in [0, 0.05) is 13.2 Å². The topological polar surface area (TPSA) is 115 Å². The molecule has 0 aromatic rings. The minimum atomic E-state index is -1.31. The number of aliphatic hydroxyl groups excluding tert-OH is 4. The Morgan fingerprint density at radius 1 is 0.923 bits per heavy atom. The zero-order valence-corrected chi connectivity index (χ0v) is 8.24. The monoisotopic (exact) mass is 226 g/mol. The van der Waals surface area contributed by atoms with Crippen molar-refractivity contribution in [1.29, 1.82) is 0 Å². The van der Waals surface area contributed by atoms with Crippen LogP contribution in [0.15, 0.2) is 0 Å². The van der Waals surface area contributed by atoms with Crippen molar-refractivity contribution in [3.05, 3.63) is 0 Å². The second-order valence-corrected chi connectivity index (χ2v) is 1.63. The summed E-state index contributed by atoms with van der Waals surface area (Å²) in [7, 11) is 0. The number of rotatable bonds is 4. The van der Waals surface area contributed by atoms with E-state index in [9.17, 15) is 9.59 Å². The van der Waals surface area contributed by atoms with Gasteiger partial charge in [-0.2, -0.15) is 0 Å². The Balaban J connectivity index is -0.000000143. The minimum absolute atomic E-state index is 0. The van der Waals surface area contributed by atoms with Gasteiger partial charge in [-0.25, -0.2) is 12.6 Å². The Hall–Kier alpha value is -0.106. The summed E-state index contributed by atoms with van der Waals surface area (Å²) >= 11 is 0. The first-order chi connectivity index (χ1) is 5.62. The standard InChI is InChI=1S/2C3H5O3.Ti/c2*4-1-3(6)2-5;/h2*3-4,6H,1H2;/q2*-1;+2. The van der Waals surface area contributed by atoms with Crippen LogP contribution in [0.4, 0.5) is 0 Å². The van der Waals surface area contributed by atoms with Crippen molar-refractivity contribution in [2.75, 3.05) is 13.2 Å². The van der Waals surface area contributed by atoms with E-state index in [-0.39, 0.29) is 21.7 Å². The van der Waals surface area contributed by atoms with Gasteiger partial charge in [-0.3, -0.25) is 0 Å². The van der Waals surface area contributed by atoms with Crippen molar-refractivity contribution >= 4 is 12.6 Å². The summed E-state index contributed by atoms with van der Waals surface area (Å²) in [5, 5.41) is 31.6. The van der Waals surface area contributed by atoms with E-state index in [2.05, 4.69) is 0 Å². The summed E-state index contributed by atoms with van der Waals surface area (Å²) in [6.45, 7) is -1.08. The van der Waals surface area contributed by atoms with Crippen LogP contribution >= 0.6 is 0 Å². The quantitative estimate of drug-likeness (QED) is 0.298. The van der Waals surface area contributed by atoms with E-state index in [4.69, 9.17) is 20.4 Å². The molecular weight excluding hydrogens is 216 g/mol. The Morgan fingerprint density at radius 2 is 1.15 bits per heavy atom. The van der Waals surface area contributed by atoms with Crippen LogP contribution in [0.1, 0.15) is 0 Å². The second-order valence-electron chi connectivity index (χ2n) is 1.63. The molecule has 4 N–H and O–H groups in total. The SMILES string of the molecule is O=[C-]C(O)CO.O=[C-]C(O)CO.[Ti+2]. The van der Waals surface area contributed by atoms with Crippen LogP contribution in [0.3, 0.4) is 0 Å². The smallest absolute Gasteiger partial charge is 0.539 e. The van der Waals surface area contributed by atoms with E-state index in [0.717, 1.165) is 0 Å². The molecule has 0 saturated carbocycles. The van der Waals surface area contributed by atoms with Crippen molar-refractivity contribution in [3.8, 4) is 0 Å². The fourth-order valence-corrected chi connectivity index (χ4v) is 0.0745. The van der Waals surface area contributed by atoms with Crippen molar-refractivity contribution in [2.45, 2.75) is 12.2 Å². The molecule has 0 heterocycles. The van der Waals surface area contributed by atoms with E-state index in [1.54, 1.807) is 0 Å². The Kier molecular flexibility index (Phi) is 20.7. The maximum absolute atomic E-state index is 9.20. The van der Waals surface area contributed by atoms with Gasteiger partial charge in [0.15, 0.2) is 0 Å². The third kappa shape index (κ3) is 18.7. The molecule has 6 nitrogen and oxygen atoms in total. The van der Waals surface area contributed by atoms with Gasteiger partial charge in [0.1, 0.15) is 0 Å². The zero-order chi connectivity index (χ0) is 9.98. The summed E-state index contributed by atoms with van der Waals surface area (Å²) in [4.78, 5) is 18.4. The molecule has 2 unspecified atom stereocenters. The van der Waals surface area contributed by atoms with Crippen molar-refractivity contribution in [1.82, 2.24) is 0 Å². The molecule has 0 amide bonds. The molecule has 0 aromatic heterocycles. The van der Waals surface area contributed by atoms with Crippen molar-refractivity contribution < 1.29 is 51.7 Å². The molecule has 0 fully saturated rings. The maximum Gasteiger partial charge on any atom is 2.00 e. The molecule has 0 spiro atoms. The number of hydrogen-bond donors (Lipinski definition) is 4. The van der Waals surface area contributed by atoms with E-state index < -0.39 is 25.4 Å². The Morgan fingerprint density at radius 3 is 1.15 bits per heavy atom. The molecule has 7 heteroatoms. The van der Waals surface area contributed by atoms with E-state index in [0.29, 0.717) is 0 Å². The first-order valence-electron chi connectivity index (χ1n) is 2.95. The fourth-order valence-electron chi connectivity index (χ4n) is 0.0745. The molecule has 0 bridgehead atoms. The van der Waals surface area contributed by atoms with E-state index in [1.807, 2.05) is 0 Å². The van der Waals surface area contributed by atoms with Crippen molar-refractivity contribution in [2.24, 2.45) is 0 Å². The molecule has 0 saturated heterocycles. The van der Waals surface area contributed by atoms with Crippen LogP contribution in [0, 0.1) is 0 Å². The van der Waals surface area contributed by atoms with Crippen LogP contribution < -0.4 is 0 Å².